The molecule has 0 radical (unpaired) electrons. The third-order valence-electron chi connectivity index (χ3n) is 3.62. The van der Waals surface area contributed by atoms with Crippen LogP contribution in [0.15, 0.2) is 30.3 Å². The molecule has 1 saturated carbocycles. The normalized spacial score (nSPS) is 16.5. The molecule has 1 aromatic rings. The standard InChI is InChI=1S/C16H25NO/c1-2-14(13-17-15-10-11-15)7-6-12-18-16-8-4-3-5-9-16/h3-5,8-9,14-15,17H,2,6-7,10-13H2,1H3. The van der Waals surface area contributed by atoms with E-state index >= 15 is 0 Å². The Labute approximate surface area is 111 Å². The predicted molar refractivity (Wildman–Crippen MR) is 76.0 cm³/mol. The lowest BCUT2D eigenvalue weighted by Gasteiger charge is -2.15. The third kappa shape index (κ3) is 5.09. The Morgan fingerprint density at radius 1 is 1.28 bits per heavy atom. The summed E-state index contributed by atoms with van der Waals surface area (Å²) in [6.45, 7) is 4.31. The van der Waals surface area contributed by atoms with Crippen molar-refractivity contribution in [3.63, 3.8) is 0 Å². The minimum atomic E-state index is 0.810. The molecule has 2 nitrogen and oxygen atoms in total. The topological polar surface area (TPSA) is 21.3 Å². The number of hydrogen-bond acceptors (Lipinski definition) is 2. The van der Waals surface area contributed by atoms with E-state index in [0.717, 1.165) is 30.7 Å². The zero-order valence-electron chi connectivity index (χ0n) is 11.4. The molecular weight excluding hydrogens is 222 g/mol. The molecule has 0 bridgehead atoms. The lowest BCUT2D eigenvalue weighted by atomic mass is 10.0. The van der Waals surface area contributed by atoms with E-state index in [-0.39, 0.29) is 0 Å². The van der Waals surface area contributed by atoms with Gasteiger partial charge >= 0.3 is 0 Å². The van der Waals surface area contributed by atoms with Crippen LogP contribution in [-0.4, -0.2) is 19.2 Å². The van der Waals surface area contributed by atoms with E-state index in [9.17, 15) is 0 Å². The van der Waals surface area contributed by atoms with Gasteiger partial charge in [-0.25, -0.2) is 0 Å². The van der Waals surface area contributed by atoms with Crippen LogP contribution in [0.1, 0.15) is 39.0 Å². The summed E-state index contributed by atoms with van der Waals surface area (Å²) < 4.78 is 5.72. The van der Waals surface area contributed by atoms with Crippen molar-refractivity contribution < 1.29 is 4.74 Å². The quantitative estimate of drug-likeness (QED) is 0.673. The van der Waals surface area contributed by atoms with E-state index < -0.39 is 0 Å². The predicted octanol–water partition coefficient (Wildman–Crippen LogP) is 3.62. The number of hydrogen-bond donors (Lipinski definition) is 1. The Kier molecular flexibility index (Phi) is 5.53. The highest BCUT2D eigenvalue weighted by Crippen LogP contribution is 2.20. The summed E-state index contributed by atoms with van der Waals surface area (Å²) in [5.74, 6) is 1.80. The highest BCUT2D eigenvalue weighted by Gasteiger charge is 2.21. The van der Waals surface area contributed by atoms with Crippen LogP contribution in [0.5, 0.6) is 5.75 Å². The van der Waals surface area contributed by atoms with Crippen LogP contribution in [-0.2, 0) is 0 Å². The van der Waals surface area contributed by atoms with Crippen molar-refractivity contribution in [3.05, 3.63) is 30.3 Å². The van der Waals surface area contributed by atoms with Crippen LogP contribution in [0.2, 0.25) is 0 Å². The van der Waals surface area contributed by atoms with Gasteiger partial charge in [0.15, 0.2) is 0 Å². The summed E-state index contributed by atoms with van der Waals surface area (Å²) in [4.78, 5) is 0. The molecule has 1 unspecified atom stereocenters. The summed E-state index contributed by atoms with van der Waals surface area (Å²) in [7, 11) is 0. The summed E-state index contributed by atoms with van der Waals surface area (Å²) in [6, 6.07) is 10.9. The van der Waals surface area contributed by atoms with Crippen molar-refractivity contribution in [3.8, 4) is 5.75 Å². The van der Waals surface area contributed by atoms with Crippen LogP contribution in [0, 0.1) is 5.92 Å². The summed E-state index contributed by atoms with van der Waals surface area (Å²) in [5.41, 5.74) is 0. The Bertz CT molecular complexity index is 321. The fourth-order valence-corrected chi connectivity index (χ4v) is 2.15. The van der Waals surface area contributed by atoms with Crippen LogP contribution in [0.25, 0.3) is 0 Å². The number of nitrogens with one attached hydrogen (secondary N) is 1. The van der Waals surface area contributed by atoms with Crippen LogP contribution >= 0.6 is 0 Å². The summed E-state index contributed by atoms with van der Waals surface area (Å²) >= 11 is 0. The van der Waals surface area contributed by atoms with Crippen LogP contribution in [0.4, 0.5) is 0 Å². The maximum atomic E-state index is 5.72. The van der Waals surface area contributed by atoms with E-state index in [4.69, 9.17) is 4.74 Å². The van der Waals surface area contributed by atoms with E-state index in [1.54, 1.807) is 0 Å². The minimum Gasteiger partial charge on any atom is -0.494 e. The van der Waals surface area contributed by atoms with Gasteiger partial charge < -0.3 is 10.1 Å². The fourth-order valence-electron chi connectivity index (χ4n) is 2.15. The van der Waals surface area contributed by atoms with E-state index in [2.05, 4.69) is 12.2 Å². The largest absolute Gasteiger partial charge is 0.494 e. The van der Waals surface area contributed by atoms with Crippen LogP contribution < -0.4 is 10.1 Å². The molecule has 1 fully saturated rings. The number of rotatable bonds is 9. The average Bonchev–Trinajstić information content (AvgIpc) is 3.23. The van der Waals surface area contributed by atoms with Crippen molar-refractivity contribution >= 4 is 0 Å². The molecule has 1 aliphatic rings. The van der Waals surface area contributed by atoms with Crippen molar-refractivity contribution in [1.82, 2.24) is 5.32 Å². The van der Waals surface area contributed by atoms with Gasteiger partial charge in [-0.3, -0.25) is 0 Å². The molecule has 0 aromatic heterocycles. The summed E-state index contributed by atoms with van der Waals surface area (Å²) in [6.07, 6.45) is 6.45. The zero-order chi connectivity index (χ0) is 12.6. The van der Waals surface area contributed by atoms with Crippen molar-refractivity contribution in [2.24, 2.45) is 5.92 Å². The molecule has 0 aliphatic heterocycles. The maximum Gasteiger partial charge on any atom is 0.119 e. The molecule has 18 heavy (non-hydrogen) atoms. The van der Waals surface area contributed by atoms with Gasteiger partial charge in [-0.1, -0.05) is 31.5 Å². The second kappa shape index (κ2) is 7.42. The highest BCUT2D eigenvalue weighted by atomic mass is 16.5. The first-order valence-electron chi connectivity index (χ1n) is 7.29. The molecule has 0 spiro atoms. The lowest BCUT2D eigenvalue weighted by molar-refractivity contribution is 0.287. The molecule has 1 N–H and O–H groups in total. The first-order chi connectivity index (χ1) is 8.88. The third-order valence-corrected chi connectivity index (χ3v) is 3.62. The average molecular weight is 247 g/mol. The Morgan fingerprint density at radius 3 is 2.72 bits per heavy atom. The van der Waals surface area contributed by atoms with Gasteiger partial charge in [0.25, 0.3) is 0 Å². The van der Waals surface area contributed by atoms with Gasteiger partial charge in [0.05, 0.1) is 6.61 Å². The first-order valence-corrected chi connectivity index (χ1v) is 7.29. The Balaban J connectivity index is 1.55. The molecule has 1 aliphatic carbocycles. The molecule has 2 rings (SSSR count). The minimum absolute atomic E-state index is 0.810. The number of para-hydroxylation sites is 1. The molecule has 0 saturated heterocycles. The molecule has 100 valence electrons. The van der Waals surface area contributed by atoms with Crippen LogP contribution in [0.3, 0.4) is 0 Å². The number of benzene rings is 1. The van der Waals surface area contributed by atoms with E-state index in [0.29, 0.717) is 0 Å². The SMILES string of the molecule is CCC(CCCOc1ccccc1)CNC1CC1. The molecule has 1 aromatic carbocycles. The monoisotopic (exact) mass is 247 g/mol. The first kappa shape index (κ1) is 13.4. The van der Waals surface area contributed by atoms with Gasteiger partial charge in [-0.15, -0.1) is 0 Å². The molecule has 1 atom stereocenters. The van der Waals surface area contributed by atoms with E-state index in [1.165, 1.54) is 32.2 Å². The fraction of sp³-hybridized carbons (Fsp3) is 0.625. The molecular formula is C16H25NO. The van der Waals surface area contributed by atoms with Gasteiger partial charge in [0.1, 0.15) is 5.75 Å². The van der Waals surface area contributed by atoms with E-state index in [1.807, 2.05) is 30.3 Å². The number of ether oxygens (including phenoxy) is 1. The lowest BCUT2D eigenvalue weighted by Crippen LogP contribution is -2.24. The van der Waals surface area contributed by atoms with Gasteiger partial charge in [-0.05, 0) is 50.3 Å². The second-order valence-corrected chi connectivity index (χ2v) is 5.26. The molecule has 0 heterocycles. The Hall–Kier alpha value is -1.02. The van der Waals surface area contributed by atoms with Crippen molar-refractivity contribution in [1.29, 1.82) is 0 Å². The summed E-state index contributed by atoms with van der Waals surface area (Å²) in [5, 5.41) is 3.63. The van der Waals surface area contributed by atoms with Gasteiger partial charge in [0.2, 0.25) is 0 Å². The Morgan fingerprint density at radius 2 is 2.06 bits per heavy atom. The van der Waals surface area contributed by atoms with Gasteiger partial charge in [0, 0.05) is 6.04 Å². The van der Waals surface area contributed by atoms with Crippen molar-refractivity contribution in [2.75, 3.05) is 13.2 Å². The molecule has 0 amide bonds. The van der Waals surface area contributed by atoms with Crippen molar-refractivity contribution in [2.45, 2.75) is 45.1 Å². The second-order valence-electron chi connectivity index (χ2n) is 5.26. The highest BCUT2D eigenvalue weighted by molar-refractivity contribution is 5.20. The zero-order valence-corrected chi connectivity index (χ0v) is 11.4. The van der Waals surface area contributed by atoms with Gasteiger partial charge in [-0.2, -0.15) is 0 Å². The molecule has 2 heteroatoms. The maximum absolute atomic E-state index is 5.72. The smallest absolute Gasteiger partial charge is 0.119 e.